The number of aliphatic hydroxyl groups is 1. The van der Waals surface area contributed by atoms with Crippen molar-refractivity contribution < 1.29 is 9.84 Å². The Morgan fingerprint density at radius 2 is 2.00 bits per heavy atom. The van der Waals surface area contributed by atoms with Crippen molar-refractivity contribution in [3.05, 3.63) is 40.9 Å². The molecule has 0 unspecified atom stereocenters. The Morgan fingerprint density at radius 1 is 1.23 bits per heavy atom. The zero-order valence-corrected chi connectivity index (χ0v) is 14.4. The molecule has 0 saturated carbocycles. The van der Waals surface area contributed by atoms with Gasteiger partial charge in [-0.25, -0.2) is 0 Å². The van der Waals surface area contributed by atoms with Crippen LogP contribution in [0.2, 0.25) is 0 Å². The molecule has 0 fully saturated rings. The van der Waals surface area contributed by atoms with Crippen LogP contribution in [0.5, 0.6) is 5.75 Å². The van der Waals surface area contributed by atoms with Gasteiger partial charge in [-0.1, -0.05) is 18.2 Å². The minimum absolute atomic E-state index is 0.136. The molecule has 2 N–H and O–H groups in total. The molecule has 0 amide bonds. The molecular formula is C16H15BrN2O2S. The Balaban J connectivity index is 1.98. The van der Waals surface area contributed by atoms with Gasteiger partial charge < -0.3 is 9.84 Å². The Bertz CT molecular complexity index is 804. The van der Waals surface area contributed by atoms with Gasteiger partial charge in [-0.05, 0) is 44.9 Å². The van der Waals surface area contributed by atoms with Crippen LogP contribution in [-0.2, 0) is 0 Å². The number of aromatic nitrogens is 2. The minimum Gasteiger partial charge on any atom is -0.497 e. The smallest absolute Gasteiger partial charge is 0.133 e. The van der Waals surface area contributed by atoms with Gasteiger partial charge >= 0.3 is 0 Å². The Morgan fingerprint density at radius 3 is 2.77 bits per heavy atom. The number of aromatic amines is 1. The summed E-state index contributed by atoms with van der Waals surface area (Å²) in [4.78, 5) is 0. The molecule has 2 aromatic carbocycles. The van der Waals surface area contributed by atoms with Gasteiger partial charge in [0.15, 0.2) is 0 Å². The summed E-state index contributed by atoms with van der Waals surface area (Å²) in [6.45, 7) is 0.136. The maximum atomic E-state index is 8.92. The average Bonchev–Trinajstić information content (AvgIpc) is 2.92. The second-order valence-electron chi connectivity index (χ2n) is 4.72. The maximum absolute atomic E-state index is 8.92. The van der Waals surface area contributed by atoms with E-state index in [1.165, 1.54) is 11.8 Å². The van der Waals surface area contributed by atoms with Crippen molar-refractivity contribution >= 4 is 38.5 Å². The third kappa shape index (κ3) is 2.99. The van der Waals surface area contributed by atoms with Gasteiger partial charge in [0.25, 0.3) is 0 Å². The van der Waals surface area contributed by atoms with Crippen LogP contribution in [0.3, 0.4) is 0 Å². The highest BCUT2D eigenvalue weighted by atomic mass is 79.9. The lowest BCUT2D eigenvalue weighted by Gasteiger charge is -2.05. The second kappa shape index (κ2) is 6.73. The largest absolute Gasteiger partial charge is 0.497 e. The van der Waals surface area contributed by atoms with Gasteiger partial charge in [-0.2, -0.15) is 5.10 Å². The third-order valence-electron chi connectivity index (χ3n) is 3.34. The number of hydrogen-bond acceptors (Lipinski definition) is 4. The molecule has 0 aliphatic carbocycles. The Hall–Kier alpha value is -1.50. The van der Waals surface area contributed by atoms with Gasteiger partial charge in [0.2, 0.25) is 0 Å². The maximum Gasteiger partial charge on any atom is 0.133 e. The fourth-order valence-corrected chi connectivity index (χ4v) is 3.62. The molecule has 114 valence electrons. The summed E-state index contributed by atoms with van der Waals surface area (Å²) in [6.07, 6.45) is 0. The van der Waals surface area contributed by atoms with Crippen molar-refractivity contribution in [2.45, 2.75) is 5.03 Å². The number of aliphatic hydroxyl groups excluding tert-OH is 1. The van der Waals surface area contributed by atoms with E-state index in [0.29, 0.717) is 5.75 Å². The standard InChI is InChI=1S/C16H15BrN2O2S/c1-21-13-5-4-10-8-12(3-2-11(10)9-13)15-14(17)16(19-18-15)22-7-6-20/h2-5,8-9,20H,6-7H2,1H3,(H,18,19). The third-order valence-corrected chi connectivity index (χ3v) is 5.33. The SMILES string of the molecule is COc1ccc2cc(-c3[nH]nc(SCCO)c3Br)ccc2c1. The monoisotopic (exact) mass is 378 g/mol. The van der Waals surface area contributed by atoms with E-state index in [2.05, 4.69) is 44.3 Å². The molecule has 3 rings (SSSR count). The van der Waals surface area contributed by atoms with Crippen molar-refractivity contribution in [2.24, 2.45) is 0 Å². The van der Waals surface area contributed by atoms with E-state index in [1.54, 1.807) is 7.11 Å². The van der Waals surface area contributed by atoms with E-state index in [0.717, 1.165) is 37.3 Å². The number of halogens is 1. The summed E-state index contributed by atoms with van der Waals surface area (Å²) in [7, 11) is 1.67. The summed E-state index contributed by atoms with van der Waals surface area (Å²) >= 11 is 5.10. The van der Waals surface area contributed by atoms with Crippen LogP contribution in [0, 0.1) is 0 Å². The molecule has 0 radical (unpaired) electrons. The molecule has 0 saturated heterocycles. The van der Waals surface area contributed by atoms with Gasteiger partial charge in [-0.3, -0.25) is 5.10 Å². The lowest BCUT2D eigenvalue weighted by molar-refractivity contribution is 0.322. The summed E-state index contributed by atoms with van der Waals surface area (Å²) in [5, 5.41) is 19.4. The van der Waals surface area contributed by atoms with Crippen LogP contribution >= 0.6 is 27.7 Å². The van der Waals surface area contributed by atoms with Crippen LogP contribution in [0.4, 0.5) is 0 Å². The van der Waals surface area contributed by atoms with Gasteiger partial charge in [0.05, 0.1) is 23.9 Å². The van der Waals surface area contributed by atoms with E-state index >= 15 is 0 Å². The van der Waals surface area contributed by atoms with E-state index < -0.39 is 0 Å². The fourth-order valence-electron chi connectivity index (χ4n) is 2.25. The summed E-state index contributed by atoms with van der Waals surface area (Å²) in [5.41, 5.74) is 2.01. The quantitative estimate of drug-likeness (QED) is 0.656. The predicted molar refractivity (Wildman–Crippen MR) is 93.6 cm³/mol. The van der Waals surface area contributed by atoms with Gasteiger partial charge in [0, 0.05) is 11.3 Å². The van der Waals surface area contributed by atoms with Crippen molar-refractivity contribution in [1.29, 1.82) is 0 Å². The van der Waals surface area contributed by atoms with Crippen LogP contribution < -0.4 is 4.74 Å². The molecule has 0 aliphatic heterocycles. The van der Waals surface area contributed by atoms with Crippen LogP contribution in [0.25, 0.3) is 22.0 Å². The molecule has 4 nitrogen and oxygen atoms in total. The fraction of sp³-hybridized carbons (Fsp3) is 0.188. The normalized spacial score (nSPS) is 11.0. The van der Waals surface area contributed by atoms with E-state index in [-0.39, 0.29) is 6.61 Å². The van der Waals surface area contributed by atoms with Crippen LogP contribution in [0.15, 0.2) is 45.9 Å². The summed E-state index contributed by atoms with van der Waals surface area (Å²) in [6, 6.07) is 12.3. The zero-order valence-electron chi connectivity index (χ0n) is 12.0. The number of ether oxygens (including phenoxy) is 1. The minimum atomic E-state index is 0.136. The van der Waals surface area contributed by atoms with E-state index in [4.69, 9.17) is 9.84 Å². The zero-order chi connectivity index (χ0) is 15.5. The highest BCUT2D eigenvalue weighted by molar-refractivity contribution is 9.10. The highest BCUT2D eigenvalue weighted by Gasteiger charge is 2.13. The van der Waals surface area contributed by atoms with Crippen LogP contribution in [0.1, 0.15) is 0 Å². The lowest BCUT2D eigenvalue weighted by atomic mass is 10.0. The first-order valence-corrected chi connectivity index (χ1v) is 8.56. The lowest BCUT2D eigenvalue weighted by Crippen LogP contribution is -1.85. The first-order chi connectivity index (χ1) is 10.7. The number of H-pyrrole nitrogens is 1. The van der Waals surface area contributed by atoms with Crippen molar-refractivity contribution in [2.75, 3.05) is 19.5 Å². The molecule has 1 aromatic heterocycles. The Kier molecular flexibility index (Phi) is 4.71. The molecule has 0 aliphatic rings. The van der Waals surface area contributed by atoms with Crippen molar-refractivity contribution in [3.63, 3.8) is 0 Å². The summed E-state index contributed by atoms with van der Waals surface area (Å²) in [5.74, 6) is 1.48. The number of thioether (sulfide) groups is 1. The molecule has 6 heteroatoms. The molecule has 3 aromatic rings. The average molecular weight is 379 g/mol. The molecule has 0 atom stereocenters. The topological polar surface area (TPSA) is 58.1 Å². The number of benzene rings is 2. The van der Waals surface area contributed by atoms with Crippen molar-refractivity contribution in [1.82, 2.24) is 10.2 Å². The van der Waals surface area contributed by atoms with Gasteiger partial charge in [-0.15, -0.1) is 11.8 Å². The number of rotatable bonds is 5. The summed E-state index contributed by atoms with van der Waals surface area (Å²) < 4.78 is 6.18. The van der Waals surface area contributed by atoms with E-state index in [1.807, 2.05) is 18.2 Å². The molecular weight excluding hydrogens is 364 g/mol. The Labute approximate surface area is 141 Å². The first kappa shape index (κ1) is 15.4. The molecule has 1 heterocycles. The molecule has 22 heavy (non-hydrogen) atoms. The van der Waals surface area contributed by atoms with Crippen LogP contribution in [-0.4, -0.2) is 34.8 Å². The number of fused-ring (bicyclic) bond motifs is 1. The van der Waals surface area contributed by atoms with E-state index in [9.17, 15) is 0 Å². The molecule has 0 bridgehead atoms. The van der Waals surface area contributed by atoms with Crippen molar-refractivity contribution in [3.8, 4) is 17.0 Å². The highest BCUT2D eigenvalue weighted by Crippen LogP contribution is 2.35. The number of nitrogens with zero attached hydrogens (tertiary/aromatic N) is 1. The number of hydrogen-bond donors (Lipinski definition) is 2. The number of nitrogens with one attached hydrogen (secondary N) is 1. The predicted octanol–water partition coefficient (Wildman–Crippen LogP) is 4.09. The second-order valence-corrected chi connectivity index (χ2v) is 6.59. The van der Waals surface area contributed by atoms with Gasteiger partial charge in [0.1, 0.15) is 10.8 Å². The number of methoxy groups -OCH3 is 1. The molecule has 0 spiro atoms. The first-order valence-electron chi connectivity index (χ1n) is 6.78.